The molecule has 0 aliphatic heterocycles. The number of hydrogen-bond donors (Lipinski definition) is 2. The van der Waals surface area contributed by atoms with Crippen LogP contribution >= 0.6 is 0 Å². The zero-order valence-corrected chi connectivity index (χ0v) is 11.7. The van der Waals surface area contributed by atoms with E-state index in [9.17, 15) is 4.79 Å². The Kier molecular flexibility index (Phi) is 4.59. The first-order valence-electron chi connectivity index (χ1n) is 6.79. The highest BCUT2D eigenvalue weighted by molar-refractivity contribution is 5.82. The second-order valence-electron chi connectivity index (χ2n) is 6.14. The predicted octanol–water partition coefficient (Wildman–Crippen LogP) is 2.34. The number of amides is 1. The third-order valence-corrected chi connectivity index (χ3v) is 4.61. The molecule has 0 aromatic rings. The maximum atomic E-state index is 11.9. The van der Waals surface area contributed by atoms with Gasteiger partial charge in [-0.25, -0.2) is 0 Å². The zero-order valence-electron chi connectivity index (χ0n) is 11.7. The maximum absolute atomic E-state index is 11.9. The van der Waals surface area contributed by atoms with E-state index < -0.39 is 0 Å². The molecule has 0 aromatic carbocycles. The Hall–Kier alpha value is -0.570. The molecule has 1 saturated carbocycles. The minimum atomic E-state index is 0.0729. The lowest BCUT2D eigenvalue weighted by Gasteiger charge is -2.31. The van der Waals surface area contributed by atoms with E-state index in [0.717, 1.165) is 25.7 Å². The molecule has 1 fully saturated rings. The lowest BCUT2D eigenvalue weighted by atomic mass is 9.79. The molecule has 1 unspecified atom stereocenters. The lowest BCUT2D eigenvalue weighted by molar-refractivity contribution is -0.123. The van der Waals surface area contributed by atoms with E-state index in [4.69, 9.17) is 5.11 Å². The van der Waals surface area contributed by atoms with E-state index in [1.54, 1.807) is 0 Å². The summed E-state index contributed by atoms with van der Waals surface area (Å²) < 4.78 is 0. The maximum Gasteiger partial charge on any atom is 0.223 e. The summed E-state index contributed by atoms with van der Waals surface area (Å²) in [6.07, 6.45) is 3.77. The third kappa shape index (κ3) is 3.44. The standard InChI is InChI=1S/C14H27NO2/c1-5-14(6-2,7-8-16)10-15-12(17)11-9-13(11,3)4/h11,16H,5-10H2,1-4H3,(H,15,17). The number of nitrogens with one attached hydrogen (secondary N) is 1. The minimum Gasteiger partial charge on any atom is -0.396 e. The van der Waals surface area contributed by atoms with Gasteiger partial charge in [0.15, 0.2) is 0 Å². The average molecular weight is 241 g/mol. The highest BCUT2D eigenvalue weighted by Gasteiger charge is 2.50. The Balaban J connectivity index is 2.44. The van der Waals surface area contributed by atoms with Gasteiger partial charge >= 0.3 is 0 Å². The molecule has 3 nitrogen and oxygen atoms in total. The van der Waals surface area contributed by atoms with Crippen LogP contribution in [0.15, 0.2) is 0 Å². The molecule has 1 rings (SSSR count). The molecular weight excluding hydrogens is 214 g/mol. The highest BCUT2D eigenvalue weighted by Crippen LogP contribution is 2.51. The molecule has 100 valence electrons. The van der Waals surface area contributed by atoms with Gasteiger partial charge in [0.05, 0.1) is 0 Å². The summed E-state index contributed by atoms with van der Waals surface area (Å²) in [5.74, 6) is 0.391. The van der Waals surface area contributed by atoms with Crippen molar-refractivity contribution < 1.29 is 9.90 Å². The fourth-order valence-electron chi connectivity index (χ4n) is 2.49. The van der Waals surface area contributed by atoms with E-state index in [0.29, 0.717) is 6.54 Å². The van der Waals surface area contributed by atoms with Crippen LogP contribution in [0.3, 0.4) is 0 Å². The van der Waals surface area contributed by atoms with Crippen LogP contribution in [-0.2, 0) is 4.79 Å². The van der Waals surface area contributed by atoms with Gasteiger partial charge in [0.25, 0.3) is 0 Å². The number of carbonyl (C=O) groups excluding carboxylic acids is 1. The van der Waals surface area contributed by atoms with Crippen molar-refractivity contribution in [2.75, 3.05) is 13.2 Å². The van der Waals surface area contributed by atoms with Gasteiger partial charge in [-0.15, -0.1) is 0 Å². The van der Waals surface area contributed by atoms with Gasteiger partial charge in [0.1, 0.15) is 0 Å². The first kappa shape index (κ1) is 14.5. The second kappa shape index (κ2) is 5.38. The number of carbonyl (C=O) groups is 1. The van der Waals surface area contributed by atoms with Gasteiger partial charge in [-0.2, -0.15) is 0 Å². The summed E-state index contributed by atoms with van der Waals surface area (Å²) in [5, 5.41) is 12.2. The summed E-state index contributed by atoms with van der Waals surface area (Å²) in [6, 6.07) is 0. The Morgan fingerprint density at radius 1 is 1.41 bits per heavy atom. The molecular formula is C14H27NO2. The molecule has 1 atom stereocenters. The Labute approximate surface area is 105 Å². The summed E-state index contributed by atoms with van der Waals surface area (Å²) in [6.45, 7) is 9.44. The van der Waals surface area contributed by atoms with Crippen LogP contribution in [-0.4, -0.2) is 24.2 Å². The topological polar surface area (TPSA) is 49.3 Å². The quantitative estimate of drug-likeness (QED) is 0.719. The normalized spacial score (nSPS) is 22.3. The Morgan fingerprint density at radius 2 is 1.94 bits per heavy atom. The highest BCUT2D eigenvalue weighted by atomic mass is 16.3. The molecule has 1 amide bonds. The van der Waals surface area contributed by atoms with Crippen molar-refractivity contribution in [3.8, 4) is 0 Å². The molecule has 2 N–H and O–H groups in total. The van der Waals surface area contributed by atoms with Crippen molar-refractivity contribution in [3.05, 3.63) is 0 Å². The second-order valence-corrected chi connectivity index (χ2v) is 6.14. The largest absolute Gasteiger partial charge is 0.396 e. The van der Waals surface area contributed by atoms with Crippen LogP contribution in [0.25, 0.3) is 0 Å². The van der Waals surface area contributed by atoms with E-state index in [1.165, 1.54) is 0 Å². The fourth-order valence-corrected chi connectivity index (χ4v) is 2.49. The van der Waals surface area contributed by atoms with Gasteiger partial charge in [-0.1, -0.05) is 27.7 Å². The van der Waals surface area contributed by atoms with Crippen molar-refractivity contribution >= 4 is 5.91 Å². The van der Waals surface area contributed by atoms with Crippen molar-refractivity contribution in [2.45, 2.75) is 53.4 Å². The SMILES string of the molecule is CCC(CC)(CCO)CNC(=O)C1CC1(C)C. The summed E-state index contributed by atoms with van der Waals surface area (Å²) in [5.41, 5.74) is 0.269. The van der Waals surface area contributed by atoms with Gasteiger partial charge in [-0.05, 0) is 36.5 Å². The van der Waals surface area contributed by atoms with Crippen LogP contribution in [0.5, 0.6) is 0 Å². The summed E-state index contributed by atoms with van der Waals surface area (Å²) in [4.78, 5) is 11.9. The van der Waals surface area contributed by atoms with Crippen LogP contribution in [0.1, 0.15) is 53.4 Å². The number of aliphatic hydroxyl groups excluding tert-OH is 1. The van der Waals surface area contributed by atoms with E-state index in [2.05, 4.69) is 33.0 Å². The molecule has 1 aliphatic rings. The molecule has 0 heterocycles. The third-order valence-electron chi connectivity index (χ3n) is 4.61. The molecule has 0 radical (unpaired) electrons. The molecule has 17 heavy (non-hydrogen) atoms. The van der Waals surface area contributed by atoms with Crippen LogP contribution < -0.4 is 5.32 Å². The van der Waals surface area contributed by atoms with Crippen LogP contribution in [0.4, 0.5) is 0 Å². The smallest absolute Gasteiger partial charge is 0.223 e. The average Bonchev–Trinajstić information content (AvgIpc) is 2.94. The first-order valence-corrected chi connectivity index (χ1v) is 6.79. The molecule has 0 bridgehead atoms. The van der Waals surface area contributed by atoms with Gasteiger partial charge in [0.2, 0.25) is 5.91 Å². The molecule has 0 spiro atoms. The number of aliphatic hydroxyl groups is 1. The van der Waals surface area contributed by atoms with E-state index in [-0.39, 0.29) is 29.3 Å². The first-order chi connectivity index (χ1) is 7.90. The number of hydrogen-bond acceptors (Lipinski definition) is 2. The van der Waals surface area contributed by atoms with Crippen molar-refractivity contribution in [1.29, 1.82) is 0 Å². The molecule has 0 aromatic heterocycles. The van der Waals surface area contributed by atoms with E-state index in [1.807, 2.05) is 0 Å². The predicted molar refractivity (Wildman–Crippen MR) is 69.6 cm³/mol. The fraction of sp³-hybridized carbons (Fsp3) is 0.929. The molecule has 1 aliphatic carbocycles. The van der Waals surface area contributed by atoms with E-state index >= 15 is 0 Å². The monoisotopic (exact) mass is 241 g/mol. The van der Waals surface area contributed by atoms with Crippen molar-refractivity contribution in [2.24, 2.45) is 16.7 Å². The van der Waals surface area contributed by atoms with Gasteiger partial charge < -0.3 is 10.4 Å². The minimum absolute atomic E-state index is 0.0729. The molecule has 0 saturated heterocycles. The van der Waals surface area contributed by atoms with Crippen molar-refractivity contribution in [3.63, 3.8) is 0 Å². The Bertz CT molecular complexity index is 269. The van der Waals surface area contributed by atoms with Crippen molar-refractivity contribution in [1.82, 2.24) is 5.32 Å². The van der Waals surface area contributed by atoms with Gasteiger partial charge in [-0.3, -0.25) is 4.79 Å². The van der Waals surface area contributed by atoms with Crippen LogP contribution in [0.2, 0.25) is 0 Å². The van der Waals surface area contributed by atoms with Gasteiger partial charge in [0, 0.05) is 19.1 Å². The zero-order chi connectivity index (χ0) is 13.1. The Morgan fingerprint density at radius 3 is 2.29 bits per heavy atom. The summed E-state index contributed by atoms with van der Waals surface area (Å²) >= 11 is 0. The lowest BCUT2D eigenvalue weighted by Crippen LogP contribution is -2.38. The number of rotatable bonds is 7. The van der Waals surface area contributed by atoms with Crippen LogP contribution in [0, 0.1) is 16.7 Å². The molecule has 3 heteroatoms. The summed E-state index contributed by atoms with van der Waals surface area (Å²) in [7, 11) is 0.